The van der Waals surface area contributed by atoms with Gasteiger partial charge in [-0.3, -0.25) is 9.80 Å². The summed E-state index contributed by atoms with van der Waals surface area (Å²) >= 11 is 0. The van der Waals surface area contributed by atoms with Crippen molar-refractivity contribution in [3.63, 3.8) is 0 Å². The van der Waals surface area contributed by atoms with Gasteiger partial charge in [0.15, 0.2) is 5.41 Å². The number of para-hydroxylation sites is 2. The maximum Gasteiger partial charge on any atom is 0.322 e. The molecule has 2 aliphatic rings. The molecule has 3 heterocycles. The molecule has 0 saturated carbocycles. The van der Waals surface area contributed by atoms with Crippen LogP contribution >= 0.6 is 0 Å². The monoisotopic (exact) mass is 435 g/mol. The second kappa shape index (κ2) is 7.07. The van der Waals surface area contributed by atoms with E-state index in [4.69, 9.17) is 9.84 Å². The van der Waals surface area contributed by atoms with Gasteiger partial charge in [0.05, 0.1) is 18.5 Å². The summed E-state index contributed by atoms with van der Waals surface area (Å²) in [7, 11) is 1.48. The van der Waals surface area contributed by atoms with Crippen molar-refractivity contribution in [2.75, 3.05) is 12.1 Å². The molecule has 164 valence electrons. The number of methoxy groups -OCH3 is 1. The molecule has 1 aromatic heterocycles. The Kier molecular flexibility index (Phi) is 4.24. The Labute approximate surface area is 192 Å². The predicted octanol–water partition coefficient (Wildman–Crippen LogP) is 5.40. The Balaban J connectivity index is 1.66. The van der Waals surface area contributed by atoms with Crippen molar-refractivity contribution >= 4 is 28.3 Å². The van der Waals surface area contributed by atoms with Crippen LogP contribution in [0.3, 0.4) is 0 Å². The van der Waals surface area contributed by atoms with Gasteiger partial charge >= 0.3 is 5.97 Å². The molecule has 33 heavy (non-hydrogen) atoms. The molecule has 0 spiro atoms. The van der Waals surface area contributed by atoms with Gasteiger partial charge in [-0.1, -0.05) is 66.2 Å². The fraction of sp³-hybridized carbons (Fsp3) is 0.214. The number of benzene rings is 3. The van der Waals surface area contributed by atoms with E-state index in [0.717, 1.165) is 33.7 Å². The molecule has 2 atom stereocenters. The maximum absolute atomic E-state index is 13.7. The number of rotatable bonds is 3. The van der Waals surface area contributed by atoms with Gasteiger partial charge in [-0.25, -0.2) is 0 Å². The van der Waals surface area contributed by atoms with Crippen LogP contribution in [0.15, 0.2) is 84.0 Å². The fourth-order valence-corrected chi connectivity index (χ4v) is 5.63. The van der Waals surface area contributed by atoms with Gasteiger partial charge in [0.2, 0.25) is 0 Å². The predicted molar refractivity (Wildman–Crippen MR) is 131 cm³/mol. The summed E-state index contributed by atoms with van der Waals surface area (Å²) in [5.41, 5.74) is 6.32. The second-order valence-corrected chi connectivity index (χ2v) is 8.98. The highest BCUT2D eigenvalue weighted by molar-refractivity contribution is 6.21. The van der Waals surface area contributed by atoms with Crippen LogP contribution in [0.5, 0.6) is 0 Å². The number of esters is 1. The number of ether oxygens (including phenoxy) is 1. The minimum absolute atomic E-state index is 0.252. The van der Waals surface area contributed by atoms with E-state index in [0.29, 0.717) is 6.54 Å². The van der Waals surface area contributed by atoms with E-state index in [2.05, 4.69) is 60.9 Å². The van der Waals surface area contributed by atoms with Crippen LogP contribution in [-0.2, 0) is 16.1 Å². The normalized spacial score (nSPS) is 21.1. The van der Waals surface area contributed by atoms with Gasteiger partial charge in [0, 0.05) is 17.4 Å². The van der Waals surface area contributed by atoms with Crippen LogP contribution in [0.2, 0.25) is 0 Å². The van der Waals surface area contributed by atoms with Crippen molar-refractivity contribution in [2.24, 2.45) is 10.5 Å². The smallest absolute Gasteiger partial charge is 0.322 e. The molecule has 6 rings (SSSR count). The van der Waals surface area contributed by atoms with Crippen LogP contribution in [0.1, 0.15) is 28.4 Å². The van der Waals surface area contributed by atoms with E-state index in [1.807, 2.05) is 41.4 Å². The Morgan fingerprint density at radius 1 is 0.970 bits per heavy atom. The lowest BCUT2D eigenvalue weighted by molar-refractivity contribution is -0.149. The number of fused-ring (bicyclic) bond motifs is 5. The lowest BCUT2D eigenvalue weighted by Gasteiger charge is -2.34. The summed E-state index contributed by atoms with van der Waals surface area (Å²) in [5, 5.41) is 8.37. The quantitative estimate of drug-likeness (QED) is 0.405. The number of carbonyl (C=O) groups is 1. The zero-order valence-corrected chi connectivity index (χ0v) is 18.9. The summed E-state index contributed by atoms with van der Waals surface area (Å²) in [5.74, 6) is -0.252. The zero-order valence-electron chi connectivity index (χ0n) is 18.9. The van der Waals surface area contributed by atoms with Gasteiger partial charge in [-0.05, 0) is 43.2 Å². The van der Waals surface area contributed by atoms with Crippen molar-refractivity contribution in [1.82, 2.24) is 4.57 Å². The van der Waals surface area contributed by atoms with Gasteiger partial charge in [0.1, 0.15) is 11.8 Å². The zero-order chi connectivity index (χ0) is 22.7. The molecule has 5 heteroatoms. The summed E-state index contributed by atoms with van der Waals surface area (Å²) in [6.07, 6.45) is 0. The van der Waals surface area contributed by atoms with E-state index in [-0.39, 0.29) is 12.0 Å². The molecule has 5 nitrogen and oxygen atoms in total. The molecule has 2 aliphatic heterocycles. The summed E-state index contributed by atoms with van der Waals surface area (Å²) in [6, 6.07) is 26.5. The van der Waals surface area contributed by atoms with Crippen molar-refractivity contribution in [2.45, 2.75) is 26.4 Å². The first-order chi connectivity index (χ1) is 16.1. The van der Waals surface area contributed by atoms with E-state index in [1.165, 1.54) is 18.1 Å². The number of aromatic nitrogens is 1. The Hall–Kier alpha value is -3.86. The van der Waals surface area contributed by atoms with E-state index in [9.17, 15) is 4.79 Å². The number of carbonyl (C=O) groups excluding carboxylic acids is 1. The highest BCUT2D eigenvalue weighted by Gasteiger charge is 2.63. The lowest BCUT2D eigenvalue weighted by Crippen LogP contribution is -2.44. The first-order valence-corrected chi connectivity index (χ1v) is 11.2. The maximum atomic E-state index is 13.7. The fourth-order valence-electron chi connectivity index (χ4n) is 5.63. The first kappa shape index (κ1) is 19.8. The molecule has 0 unspecified atom stereocenters. The van der Waals surface area contributed by atoms with Crippen LogP contribution < -0.4 is 5.01 Å². The van der Waals surface area contributed by atoms with Gasteiger partial charge in [-0.2, -0.15) is 5.10 Å². The molecule has 0 aliphatic carbocycles. The Morgan fingerprint density at radius 3 is 2.39 bits per heavy atom. The largest absolute Gasteiger partial charge is 0.468 e. The average molecular weight is 436 g/mol. The highest BCUT2D eigenvalue weighted by Crippen LogP contribution is 2.55. The number of aryl methyl sites for hydroxylation is 2. The molecule has 0 N–H and O–H groups in total. The third-order valence-corrected chi connectivity index (χ3v) is 7.16. The van der Waals surface area contributed by atoms with Crippen LogP contribution in [0.25, 0.3) is 10.9 Å². The molecule has 0 amide bonds. The van der Waals surface area contributed by atoms with Crippen molar-refractivity contribution in [3.8, 4) is 0 Å². The first-order valence-electron chi connectivity index (χ1n) is 11.2. The SMILES string of the molecule is COC(=O)[C@@]12Cn3c(c(C)c4ccccc43)C1=NN(c1ccccc1)[C@@H]2c1ccc(C)cc1. The molecule has 0 fully saturated rings. The molecule has 0 radical (unpaired) electrons. The van der Waals surface area contributed by atoms with Gasteiger partial charge < -0.3 is 9.30 Å². The molecule has 4 aromatic rings. The van der Waals surface area contributed by atoms with Crippen molar-refractivity contribution in [3.05, 3.63) is 101 Å². The molecule has 0 bridgehead atoms. The van der Waals surface area contributed by atoms with Crippen LogP contribution in [0, 0.1) is 19.3 Å². The number of hydrogen-bond donors (Lipinski definition) is 0. The Morgan fingerprint density at radius 2 is 1.67 bits per heavy atom. The van der Waals surface area contributed by atoms with Crippen molar-refractivity contribution in [1.29, 1.82) is 0 Å². The molecule has 3 aromatic carbocycles. The summed E-state index contributed by atoms with van der Waals surface area (Å²) < 4.78 is 7.75. The van der Waals surface area contributed by atoms with Gasteiger partial charge in [0.25, 0.3) is 0 Å². The minimum Gasteiger partial charge on any atom is -0.468 e. The Bertz CT molecular complexity index is 1420. The lowest BCUT2D eigenvalue weighted by atomic mass is 9.74. The minimum atomic E-state index is -0.941. The average Bonchev–Trinajstić information content (AvgIpc) is 3.45. The van der Waals surface area contributed by atoms with E-state index >= 15 is 0 Å². The van der Waals surface area contributed by atoms with Gasteiger partial charge in [-0.15, -0.1) is 0 Å². The van der Waals surface area contributed by atoms with E-state index in [1.54, 1.807) is 0 Å². The second-order valence-electron chi connectivity index (χ2n) is 8.98. The summed E-state index contributed by atoms with van der Waals surface area (Å²) in [6.45, 7) is 4.68. The highest BCUT2D eigenvalue weighted by atomic mass is 16.5. The standard InChI is InChI=1S/C28H25N3O2/c1-18-13-15-20(16-14-18)26-28(27(32)33-3)17-30-23-12-8-7-11-22(23)19(2)24(30)25(28)29-31(26)21-9-5-4-6-10-21/h4-16,26H,17H2,1-3H3/t26-,28+/m1/s1. The third-order valence-electron chi connectivity index (χ3n) is 7.16. The topological polar surface area (TPSA) is 46.8 Å². The van der Waals surface area contributed by atoms with Crippen LogP contribution in [-0.4, -0.2) is 23.4 Å². The van der Waals surface area contributed by atoms with Crippen molar-refractivity contribution < 1.29 is 9.53 Å². The van der Waals surface area contributed by atoms with Crippen LogP contribution in [0.4, 0.5) is 5.69 Å². The number of anilines is 1. The molecule has 0 saturated heterocycles. The molecular weight excluding hydrogens is 410 g/mol. The third kappa shape index (κ3) is 2.59. The number of hydrazone groups is 1. The molecular formula is C28H25N3O2. The number of hydrogen-bond acceptors (Lipinski definition) is 4. The number of nitrogens with zero attached hydrogens (tertiary/aromatic N) is 3. The summed E-state index contributed by atoms with van der Waals surface area (Å²) in [4.78, 5) is 13.7. The van der Waals surface area contributed by atoms with E-state index < -0.39 is 5.41 Å².